The SMILES string of the molecule is CC(C)c1cc(OCC(=O)NCC[C@H](O)CNC(=O)COc2ccc(Cl)c(F)c2)cc(C(C)C)c1. The van der Waals surface area contributed by atoms with Gasteiger partial charge in [0.15, 0.2) is 13.2 Å². The maximum Gasteiger partial charge on any atom is 0.258 e. The molecule has 0 bridgehead atoms. The Labute approximate surface area is 211 Å². The number of ether oxygens (including phenoxy) is 2. The van der Waals surface area contributed by atoms with Crippen LogP contribution in [0.25, 0.3) is 0 Å². The first-order chi connectivity index (χ1) is 16.5. The maximum absolute atomic E-state index is 13.4. The number of carbonyl (C=O) groups excluding carboxylic acids is 2. The van der Waals surface area contributed by atoms with Crippen LogP contribution in [-0.4, -0.2) is 49.3 Å². The second-order valence-electron chi connectivity index (χ2n) is 8.89. The molecule has 0 aliphatic rings. The smallest absolute Gasteiger partial charge is 0.258 e. The van der Waals surface area contributed by atoms with Crippen molar-refractivity contribution in [3.63, 3.8) is 0 Å². The summed E-state index contributed by atoms with van der Waals surface area (Å²) in [7, 11) is 0. The van der Waals surface area contributed by atoms with E-state index in [4.69, 9.17) is 21.1 Å². The van der Waals surface area contributed by atoms with Gasteiger partial charge in [0.05, 0.1) is 11.1 Å². The Bertz CT molecular complexity index is 973. The number of halogens is 2. The lowest BCUT2D eigenvalue weighted by atomic mass is 9.95. The van der Waals surface area contributed by atoms with Crippen molar-refractivity contribution >= 4 is 23.4 Å². The largest absolute Gasteiger partial charge is 0.484 e. The molecule has 0 spiro atoms. The summed E-state index contributed by atoms with van der Waals surface area (Å²) in [6.07, 6.45) is -0.611. The number of hydrogen-bond acceptors (Lipinski definition) is 5. The zero-order chi connectivity index (χ0) is 26.0. The summed E-state index contributed by atoms with van der Waals surface area (Å²) in [6.45, 7) is 8.18. The molecular formula is C26H34ClFN2O5. The Balaban J connectivity index is 1.66. The van der Waals surface area contributed by atoms with Crippen LogP contribution in [0.1, 0.15) is 57.1 Å². The number of nitrogens with one attached hydrogen (secondary N) is 2. The highest BCUT2D eigenvalue weighted by Crippen LogP contribution is 2.27. The lowest BCUT2D eigenvalue weighted by Gasteiger charge is -2.15. The van der Waals surface area contributed by atoms with Crippen molar-refractivity contribution in [3.8, 4) is 11.5 Å². The van der Waals surface area contributed by atoms with Crippen molar-refractivity contribution in [2.24, 2.45) is 0 Å². The molecule has 192 valence electrons. The van der Waals surface area contributed by atoms with Gasteiger partial charge >= 0.3 is 0 Å². The number of rotatable bonds is 13. The molecule has 0 aliphatic carbocycles. The second-order valence-corrected chi connectivity index (χ2v) is 9.30. The van der Waals surface area contributed by atoms with Gasteiger partial charge in [0.25, 0.3) is 11.8 Å². The topological polar surface area (TPSA) is 96.9 Å². The molecule has 1 atom stereocenters. The summed E-state index contributed by atoms with van der Waals surface area (Å²) < 4.78 is 24.3. The van der Waals surface area contributed by atoms with E-state index in [1.807, 2.05) is 12.1 Å². The van der Waals surface area contributed by atoms with E-state index in [2.05, 4.69) is 44.4 Å². The van der Waals surface area contributed by atoms with E-state index in [0.29, 0.717) is 17.6 Å². The van der Waals surface area contributed by atoms with Crippen LogP contribution >= 0.6 is 11.6 Å². The van der Waals surface area contributed by atoms with Gasteiger partial charge in [-0.1, -0.05) is 45.4 Å². The predicted molar refractivity (Wildman–Crippen MR) is 134 cm³/mol. The highest BCUT2D eigenvalue weighted by atomic mass is 35.5. The molecule has 2 aromatic rings. The standard InChI is InChI=1S/C26H34ClFN2O5/c1-16(2)18-9-19(17(3)4)11-22(10-18)35-14-25(32)29-8-7-20(31)13-30-26(33)15-34-21-5-6-23(27)24(28)12-21/h5-6,9-12,16-17,20,31H,7-8,13-15H2,1-4H3,(H,29,32)(H,30,33)/t20-/m0/s1. The molecule has 0 aliphatic heterocycles. The first kappa shape index (κ1) is 28.4. The third kappa shape index (κ3) is 10.1. The molecule has 0 saturated heterocycles. The van der Waals surface area contributed by atoms with Crippen molar-refractivity contribution in [2.75, 3.05) is 26.3 Å². The number of aliphatic hydroxyl groups is 1. The van der Waals surface area contributed by atoms with Crippen LogP contribution in [0.15, 0.2) is 36.4 Å². The Hall–Kier alpha value is -2.84. The van der Waals surface area contributed by atoms with Crippen molar-refractivity contribution in [1.82, 2.24) is 10.6 Å². The molecule has 2 aromatic carbocycles. The van der Waals surface area contributed by atoms with E-state index in [9.17, 15) is 19.1 Å². The fourth-order valence-electron chi connectivity index (χ4n) is 3.07. The molecule has 0 aromatic heterocycles. The number of aliphatic hydroxyl groups excluding tert-OH is 1. The minimum atomic E-state index is -0.857. The average molecular weight is 509 g/mol. The van der Waals surface area contributed by atoms with Crippen molar-refractivity contribution < 1.29 is 28.6 Å². The first-order valence-corrected chi connectivity index (χ1v) is 12.0. The Morgan fingerprint density at radius 2 is 1.49 bits per heavy atom. The third-order valence-corrected chi connectivity index (χ3v) is 5.56. The van der Waals surface area contributed by atoms with E-state index in [0.717, 1.165) is 17.2 Å². The first-order valence-electron chi connectivity index (χ1n) is 11.6. The molecule has 9 heteroatoms. The average Bonchev–Trinajstić information content (AvgIpc) is 2.81. The Kier molecular flexibility index (Phi) is 11.3. The van der Waals surface area contributed by atoms with Crippen LogP contribution in [0.5, 0.6) is 11.5 Å². The van der Waals surface area contributed by atoms with Gasteiger partial charge in [-0.05, 0) is 53.6 Å². The molecule has 2 amide bonds. The maximum atomic E-state index is 13.4. The van der Waals surface area contributed by atoms with Gasteiger partial charge in [0.1, 0.15) is 17.3 Å². The quantitative estimate of drug-likeness (QED) is 0.377. The van der Waals surface area contributed by atoms with Gasteiger partial charge in [-0.2, -0.15) is 0 Å². The van der Waals surface area contributed by atoms with Gasteiger partial charge < -0.3 is 25.2 Å². The van der Waals surface area contributed by atoms with Gasteiger partial charge in [0.2, 0.25) is 0 Å². The number of amides is 2. The summed E-state index contributed by atoms with van der Waals surface area (Å²) in [5, 5.41) is 15.2. The van der Waals surface area contributed by atoms with Crippen LogP contribution in [0.4, 0.5) is 4.39 Å². The molecule has 0 heterocycles. The minimum Gasteiger partial charge on any atom is -0.484 e. The highest BCUT2D eigenvalue weighted by Gasteiger charge is 2.12. The summed E-state index contributed by atoms with van der Waals surface area (Å²) >= 11 is 5.60. The van der Waals surface area contributed by atoms with E-state index in [-0.39, 0.29) is 49.4 Å². The van der Waals surface area contributed by atoms with E-state index in [1.54, 1.807) is 0 Å². The van der Waals surface area contributed by atoms with Gasteiger partial charge in [-0.15, -0.1) is 0 Å². The van der Waals surface area contributed by atoms with E-state index < -0.39 is 17.8 Å². The van der Waals surface area contributed by atoms with Crippen LogP contribution in [-0.2, 0) is 9.59 Å². The van der Waals surface area contributed by atoms with Gasteiger partial charge in [0, 0.05) is 19.2 Å². The van der Waals surface area contributed by atoms with Crippen LogP contribution in [0.3, 0.4) is 0 Å². The van der Waals surface area contributed by atoms with Crippen molar-refractivity contribution in [1.29, 1.82) is 0 Å². The third-order valence-electron chi connectivity index (χ3n) is 5.25. The Morgan fingerprint density at radius 3 is 2.06 bits per heavy atom. The van der Waals surface area contributed by atoms with Crippen molar-refractivity contribution in [3.05, 3.63) is 58.4 Å². The van der Waals surface area contributed by atoms with E-state index in [1.165, 1.54) is 12.1 Å². The molecular weight excluding hydrogens is 475 g/mol. The van der Waals surface area contributed by atoms with Gasteiger partial charge in [-0.3, -0.25) is 9.59 Å². The summed E-state index contributed by atoms with van der Waals surface area (Å²) in [6, 6.07) is 9.92. The zero-order valence-corrected chi connectivity index (χ0v) is 21.3. The molecule has 0 radical (unpaired) electrons. The molecule has 3 N–H and O–H groups in total. The Morgan fingerprint density at radius 1 is 0.914 bits per heavy atom. The van der Waals surface area contributed by atoms with E-state index >= 15 is 0 Å². The molecule has 0 fully saturated rings. The van der Waals surface area contributed by atoms with Crippen LogP contribution < -0.4 is 20.1 Å². The zero-order valence-electron chi connectivity index (χ0n) is 20.6. The number of carbonyl (C=O) groups is 2. The summed E-state index contributed by atoms with van der Waals surface area (Å²) in [4.78, 5) is 24.0. The van der Waals surface area contributed by atoms with Gasteiger partial charge in [-0.25, -0.2) is 4.39 Å². The lowest BCUT2D eigenvalue weighted by molar-refractivity contribution is -0.124. The fraction of sp³-hybridized carbons (Fsp3) is 0.462. The second kappa shape index (κ2) is 13.9. The molecule has 2 rings (SSSR count). The molecule has 0 saturated carbocycles. The molecule has 0 unspecified atom stereocenters. The highest BCUT2D eigenvalue weighted by molar-refractivity contribution is 6.30. The molecule has 7 nitrogen and oxygen atoms in total. The summed E-state index contributed by atoms with van der Waals surface area (Å²) in [5.74, 6) is 0.104. The fourth-order valence-corrected chi connectivity index (χ4v) is 3.19. The van der Waals surface area contributed by atoms with Crippen LogP contribution in [0.2, 0.25) is 5.02 Å². The predicted octanol–water partition coefficient (Wildman–Crippen LogP) is 4.17. The summed E-state index contributed by atoms with van der Waals surface area (Å²) in [5.41, 5.74) is 2.31. The normalized spacial score (nSPS) is 11.9. The monoisotopic (exact) mass is 508 g/mol. The minimum absolute atomic E-state index is 0.0104. The number of hydrogen-bond donors (Lipinski definition) is 3. The number of benzene rings is 2. The van der Waals surface area contributed by atoms with Crippen LogP contribution in [0, 0.1) is 5.82 Å². The molecule has 35 heavy (non-hydrogen) atoms. The lowest BCUT2D eigenvalue weighted by Crippen LogP contribution is -2.37. The van der Waals surface area contributed by atoms with Crippen molar-refractivity contribution in [2.45, 2.75) is 52.1 Å².